The van der Waals surface area contributed by atoms with E-state index in [2.05, 4.69) is 42.6 Å². The maximum atomic E-state index is 11.1. The summed E-state index contributed by atoms with van der Waals surface area (Å²) in [6.07, 6.45) is 0. The van der Waals surface area contributed by atoms with Crippen LogP contribution in [0.15, 0.2) is 72.1 Å². The number of benzene rings is 3. The van der Waals surface area contributed by atoms with Gasteiger partial charge in [-0.3, -0.25) is 0 Å². The zero-order valence-electron chi connectivity index (χ0n) is 12.8. The molecule has 0 aliphatic heterocycles. The van der Waals surface area contributed by atoms with Crippen LogP contribution in [0.1, 0.15) is 5.56 Å². The highest BCUT2D eigenvalue weighted by Crippen LogP contribution is 2.47. The fourth-order valence-electron chi connectivity index (χ4n) is 3.17. The van der Waals surface area contributed by atoms with Crippen molar-refractivity contribution in [2.24, 2.45) is 0 Å². The molecule has 1 aromatic heterocycles. The molecule has 0 saturated carbocycles. The summed E-state index contributed by atoms with van der Waals surface area (Å²) in [6, 6.07) is 22.4. The number of fused-ring (bicyclic) bond motifs is 1. The van der Waals surface area contributed by atoms with Crippen molar-refractivity contribution in [3.8, 4) is 28.0 Å². The van der Waals surface area contributed by atoms with E-state index in [1.165, 1.54) is 5.39 Å². The first-order chi connectivity index (χ1) is 11.3. The minimum atomic E-state index is 0.370. The van der Waals surface area contributed by atoms with E-state index in [9.17, 15) is 5.11 Å². The summed E-state index contributed by atoms with van der Waals surface area (Å²) < 4.78 is 1.14. The highest BCUT2D eigenvalue weighted by atomic mass is 32.1. The van der Waals surface area contributed by atoms with Crippen molar-refractivity contribution in [2.75, 3.05) is 0 Å². The van der Waals surface area contributed by atoms with Crippen LogP contribution in [-0.2, 0) is 0 Å². The third kappa shape index (κ3) is 2.23. The molecular formula is C21H16OS. The summed E-state index contributed by atoms with van der Waals surface area (Å²) >= 11 is 1.68. The highest BCUT2D eigenvalue weighted by Gasteiger charge is 2.19. The van der Waals surface area contributed by atoms with Crippen LogP contribution in [-0.4, -0.2) is 5.11 Å². The van der Waals surface area contributed by atoms with Crippen LogP contribution in [0.5, 0.6) is 5.75 Å². The summed E-state index contributed by atoms with van der Waals surface area (Å²) in [5, 5.41) is 14.4. The maximum Gasteiger partial charge on any atom is 0.132 e. The van der Waals surface area contributed by atoms with Crippen LogP contribution in [0.4, 0.5) is 0 Å². The van der Waals surface area contributed by atoms with Crippen LogP contribution >= 0.6 is 11.3 Å². The third-order valence-electron chi connectivity index (χ3n) is 4.27. The van der Waals surface area contributed by atoms with E-state index in [0.717, 1.165) is 32.5 Å². The van der Waals surface area contributed by atoms with Crippen LogP contribution in [0.2, 0.25) is 0 Å². The molecule has 0 atom stereocenters. The third-order valence-corrected chi connectivity index (χ3v) is 5.20. The Hall–Kier alpha value is -2.58. The number of thiophene rings is 1. The normalized spacial score (nSPS) is 11.0. The molecule has 0 aliphatic carbocycles. The van der Waals surface area contributed by atoms with Gasteiger partial charge in [-0.05, 0) is 40.4 Å². The lowest BCUT2D eigenvalue weighted by Gasteiger charge is -2.16. The summed E-state index contributed by atoms with van der Waals surface area (Å²) in [7, 11) is 0. The van der Waals surface area contributed by atoms with Crippen LogP contribution < -0.4 is 0 Å². The molecule has 2 heteroatoms. The minimum Gasteiger partial charge on any atom is -0.507 e. The van der Waals surface area contributed by atoms with Crippen LogP contribution in [0.25, 0.3) is 32.3 Å². The van der Waals surface area contributed by atoms with Gasteiger partial charge in [-0.2, -0.15) is 0 Å². The first-order valence-corrected chi connectivity index (χ1v) is 8.49. The van der Waals surface area contributed by atoms with Crippen molar-refractivity contribution in [2.45, 2.75) is 6.92 Å². The van der Waals surface area contributed by atoms with Gasteiger partial charge in [0.25, 0.3) is 0 Å². The molecule has 0 unspecified atom stereocenters. The Morgan fingerprint density at radius 3 is 1.91 bits per heavy atom. The zero-order chi connectivity index (χ0) is 15.8. The van der Waals surface area contributed by atoms with Gasteiger partial charge in [0.15, 0.2) is 0 Å². The monoisotopic (exact) mass is 316 g/mol. The van der Waals surface area contributed by atoms with Crippen LogP contribution in [0.3, 0.4) is 0 Å². The molecule has 0 spiro atoms. The van der Waals surface area contributed by atoms with Gasteiger partial charge in [0, 0.05) is 15.8 Å². The van der Waals surface area contributed by atoms with Gasteiger partial charge in [0.1, 0.15) is 5.75 Å². The van der Waals surface area contributed by atoms with E-state index in [-0.39, 0.29) is 0 Å². The predicted molar refractivity (Wildman–Crippen MR) is 99.1 cm³/mol. The molecule has 112 valence electrons. The topological polar surface area (TPSA) is 20.2 Å². The summed E-state index contributed by atoms with van der Waals surface area (Å²) in [5.74, 6) is 0.370. The van der Waals surface area contributed by atoms with E-state index < -0.39 is 0 Å². The lowest BCUT2D eigenvalue weighted by atomic mass is 9.91. The minimum absolute atomic E-state index is 0.370. The molecule has 3 aromatic carbocycles. The van der Waals surface area contributed by atoms with Crippen molar-refractivity contribution in [3.63, 3.8) is 0 Å². The van der Waals surface area contributed by atoms with Gasteiger partial charge in [-0.1, -0.05) is 60.7 Å². The number of aromatic hydroxyl groups is 1. The van der Waals surface area contributed by atoms with E-state index >= 15 is 0 Å². The molecule has 4 aromatic rings. The van der Waals surface area contributed by atoms with E-state index in [1.54, 1.807) is 11.3 Å². The first-order valence-electron chi connectivity index (χ1n) is 7.61. The first kappa shape index (κ1) is 14.0. The van der Waals surface area contributed by atoms with Gasteiger partial charge in [-0.25, -0.2) is 0 Å². The number of rotatable bonds is 2. The average molecular weight is 316 g/mol. The molecule has 23 heavy (non-hydrogen) atoms. The molecule has 0 amide bonds. The Bertz CT molecular complexity index is 969. The van der Waals surface area contributed by atoms with Crippen LogP contribution in [0, 0.1) is 6.92 Å². The average Bonchev–Trinajstić information content (AvgIpc) is 3.07. The molecular weight excluding hydrogens is 300 g/mol. The largest absolute Gasteiger partial charge is 0.507 e. The molecule has 0 saturated heterocycles. The van der Waals surface area contributed by atoms with E-state index in [0.29, 0.717) is 5.75 Å². The Morgan fingerprint density at radius 2 is 1.30 bits per heavy atom. The smallest absolute Gasteiger partial charge is 0.132 e. The quantitative estimate of drug-likeness (QED) is 0.463. The van der Waals surface area contributed by atoms with Crippen molar-refractivity contribution in [1.29, 1.82) is 0 Å². The number of aryl methyl sites for hydroxylation is 1. The molecule has 0 fully saturated rings. The molecule has 4 rings (SSSR count). The number of phenols is 1. The number of phenolic OH excluding ortho intramolecular Hbond substituents is 1. The van der Waals surface area contributed by atoms with Gasteiger partial charge in [-0.15, -0.1) is 11.3 Å². The second kappa shape index (κ2) is 5.56. The molecule has 0 radical (unpaired) electrons. The lowest BCUT2D eigenvalue weighted by molar-refractivity contribution is 0.480. The fourth-order valence-corrected chi connectivity index (χ4v) is 4.19. The summed E-state index contributed by atoms with van der Waals surface area (Å²) in [6.45, 7) is 2.09. The second-order valence-electron chi connectivity index (χ2n) is 5.62. The van der Waals surface area contributed by atoms with Gasteiger partial charge in [0.2, 0.25) is 0 Å². The molecule has 1 heterocycles. The predicted octanol–water partition coefficient (Wildman–Crippen LogP) is 6.25. The fraction of sp³-hybridized carbons (Fsp3) is 0.0476. The van der Waals surface area contributed by atoms with Gasteiger partial charge < -0.3 is 5.11 Å². The van der Waals surface area contributed by atoms with Crippen molar-refractivity contribution in [1.82, 2.24) is 0 Å². The maximum absolute atomic E-state index is 11.1. The summed E-state index contributed by atoms with van der Waals surface area (Å²) in [4.78, 5) is 0. The Labute approximate surface area is 139 Å². The zero-order valence-corrected chi connectivity index (χ0v) is 13.6. The molecule has 1 N–H and O–H groups in total. The summed E-state index contributed by atoms with van der Waals surface area (Å²) in [5.41, 5.74) is 5.09. The van der Waals surface area contributed by atoms with Crippen molar-refractivity contribution in [3.05, 3.63) is 77.7 Å². The van der Waals surface area contributed by atoms with Gasteiger partial charge in [0.05, 0.1) is 0 Å². The number of hydrogen-bond acceptors (Lipinski definition) is 2. The molecule has 0 aliphatic rings. The van der Waals surface area contributed by atoms with Gasteiger partial charge >= 0.3 is 0 Å². The molecule has 0 bridgehead atoms. The van der Waals surface area contributed by atoms with Crippen molar-refractivity contribution >= 4 is 21.4 Å². The lowest BCUT2D eigenvalue weighted by Crippen LogP contribution is -1.90. The molecule has 1 nitrogen and oxygen atoms in total. The Kier molecular flexibility index (Phi) is 3.40. The van der Waals surface area contributed by atoms with E-state index in [4.69, 9.17) is 0 Å². The highest BCUT2D eigenvalue weighted by molar-refractivity contribution is 7.17. The standard InChI is InChI=1S/C21H16OS/c1-14-17-12-13-23-21(17)19(16-10-6-3-7-11-16)20(22)18(14)15-8-4-2-5-9-15/h2-13,22H,1H3. The SMILES string of the molecule is Cc1c(-c2ccccc2)c(O)c(-c2ccccc2)c2sccc12. The Morgan fingerprint density at radius 1 is 0.739 bits per heavy atom. The van der Waals surface area contributed by atoms with Crippen molar-refractivity contribution < 1.29 is 5.11 Å². The van der Waals surface area contributed by atoms with E-state index in [1.807, 2.05) is 36.4 Å². The number of hydrogen-bond donors (Lipinski definition) is 1. The second-order valence-corrected chi connectivity index (χ2v) is 6.54. The Balaban J connectivity index is 2.13.